The Morgan fingerprint density at radius 2 is 1.80 bits per heavy atom. The fraction of sp³-hybridized carbons (Fsp3) is 0.385. The minimum atomic E-state index is -2.89. The molecule has 1 aromatic rings. The predicted molar refractivity (Wildman–Crippen MR) is 68.5 cm³/mol. The number of halogens is 2. The first-order valence-corrected chi connectivity index (χ1v) is 6.00. The molecule has 0 aliphatic carbocycles. The molecule has 1 rings (SSSR count). The van der Waals surface area contributed by atoms with E-state index in [-0.39, 0.29) is 25.1 Å². The van der Waals surface area contributed by atoms with Crippen LogP contribution in [0.15, 0.2) is 24.3 Å². The number of carboxylic acid groups (broad SMARTS) is 1. The number of rotatable bonds is 6. The highest BCUT2D eigenvalue weighted by molar-refractivity contribution is 5.74. The maximum absolute atomic E-state index is 13.0. The number of hydrogen-bond donors (Lipinski definition) is 3. The Bertz CT molecular complexity index is 469. The molecule has 0 aliphatic heterocycles. The Kier molecular flexibility index (Phi) is 5.42. The quantitative estimate of drug-likeness (QED) is 0.749. The molecule has 20 heavy (non-hydrogen) atoms. The first kappa shape index (κ1) is 15.9. The largest absolute Gasteiger partial charge is 0.481 e. The van der Waals surface area contributed by atoms with Gasteiger partial charge in [-0.3, -0.25) is 4.79 Å². The summed E-state index contributed by atoms with van der Waals surface area (Å²) in [5.41, 5.74) is 0.582. The normalized spacial score (nSPS) is 10.9. The van der Waals surface area contributed by atoms with Gasteiger partial charge in [0.05, 0.1) is 6.42 Å². The molecule has 2 amide bonds. The molecule has 110 valence electrons. The summed E-state index contributed by atoms with van der Waals surface area (Å²) < 4.78 is 26.0. The van der Waals surface area contributed by atoms with Crippen LogP contribution in [-0.2, 0) is 17.3 Å². The van der Waals surface area contributed by atoms with Crippen LogP contribution in [0.2, 0.25) is 0 Å². The van der Waals surface area contributed by atoms with E-state index in [1.165, 1.54) is 24.3 Å². The molecule has 0 radical (unpaired) electrons. The Hall–Kier alpha value is -2.18. The molecule has 3 N–H and O–H groups in total. The van der Waals surface area contributed by atoms with Crippen LogP contribution in [0, 0.1) is 0 Å². The van der Waals surface area contributed by atoms with Gasteiger partial charge in [0.2, 0.25) is 0 Å². The standard InChI is InChI=1S/C13H16F2N2O3/c1-13(14,15)10-4-2-9(3-5-10)8-17-12(20)16-7-6-11(18)19/h2-5H,6-8H2,1H3,(H,18,19)(H2,16,17,20). The van der Waals surface area contributed by atoms with E-state index in [1.54, 1.807) is 0 Å². The van der Waals surface area contributed by atoms with Gasteiger partial charge in [0.15, 0.2) is 0 Å². The van der Waals surface area contributed by atoms with Crippen molar-refractivity contribution < 1.29 is 23.5 Å². The number of amides is 2. The smallest absolute Gasteiger partial charge is 0.315 e. The molecule has 0 fully saturated rings. The summed E-state index contributed by atoms with van der Waals surface area (Å²) in [6.45, 7) is 1.02. The zero-order valence-electron chi connectivity index (χ0n) is 11.0. The molecule has 0 unspecified atom stereocenters. The number of aliphatic carboxylic acids is 1. The van der Waals surface area contributed by atoms with Crippen molar-refractivity contribution >= 4 is 12.0 Å². The Labute approximate surface area is 115 Å². The second kappa shape index (κ2) is 6.83. The van der Waals surface area contributed by atoms with E-state index < -0.39 is 17.9 Å². The molecule has 0 bridgehead atoms. The van der Waals surface area contributed by atoms with Gasteiger partial charge in [-0.05, 0) is 5.56 Å². The Morgan fingerprint density at radius 3 is 2.30 bits per heavy atom. The lowest BCUT2D eigenvalue weighted by Crippen LogP contribution is -2.36. The van der Waals surface area contributed by atoms with Crippen molar-refractivity contribution in [1.29, 1.82) is 0 Å². The number of alkyl halides is 2. The second-order valence-electron chi connectivity index (χ2n) is 4.34. The molecule has 0 heterocycles. The fourth-order valence-corrected chi connectivity index (χ4v) is 1.44. The highest BCUT2D eigenvalue weighted by atomic mass is 19.3. The van der Waals surface area contributed by atoms with Crippen molar-refractivity contribution in [3.8, 4) is 0 Å². The molecular formula is C13H16F2N2O3. The predicted octanol–water partition coefficient (Wildman–Crippen LogP) is 2.07. The molecule has 0 spiro atoms. The second-order valence-corrected chi connectivity index (χ2v) is 4.34. The van der Waals surface area contributed by atoms with Crippen molar-refractivity contribution in [2.75, 3.05) is 6.54 Å². The first-order valence-electron chi connectivity index (χ1n) is 6.00. The van der Waals surface area contributed by atoms with Crippen molar-refractivity contribution in [2.45, 2.75) is 25.8 Å². The van der Waals surface area contributed by atoms with E-state index >= 15 is 0 Å². The average Bonchev–Trinajstić information content (AvgIpc) is 2.35. The number of nitrogens with one attached hydrogen (secondary N) is 2. The number of carbonyl (C=O) groups excluding carboxylic acids is 1. The average molecular weight is 286 g/mol. The highest BCUT2D eigenvalue weighted by Gasteiger charge is 2.23. The van der Waals surface area contributed by atoms with E-state index in [2.05, 4.69) is 10.6 Å². The number of carbonyl (C=O) groups is 2. The van der Waals surface area contributed by atoms with Gasteiger partial charge in [0, 0.05) is 25.6 Å². The van der Waals surface area contributed by atoms with Crippen molar-refractivity contribution in [3.05, 3.63) is 35.4 Å². The molecule has 5 nitrogen and oxygen atoms in total. The van der Waals surface area contributed by atoms with Crippen molar-refractivity contribution in [1.82, 2.24) is 10.6 Å². The lowest BCUT2D eigenvalue weighted by Gasteiger charge is -2.11. The first-order chi connectivity index (χ1) is 9.29. The third-order valence-corrected chi connectivity index (χ3v) is 2.54. The van der Waals surface area contributed by atoms with Gasteiger partial charge < -0.3 is 15.7 Å². The number of hydrogen-bond acceptors (Lipinski definition) is 2. The monoisotopic (exact) mass is 286 g/mol. The van der Waals surface area contributed by atoms with Gasteiger partial charge in [-0.2, -0.15) is 0 Å². The SMILES string of the molecule is CC(F)(F)c1ccc(CNC(=O)NCCC(=O)O)cc1. The van der Waals surface area contributed by atoms with Gasteiger partial charge in [-0.25, -0.2) is 13.6 Å². The molecule has 0 saturated heterocycles. The molecule has 0 atom stereocenters. The minimum absolute atomic E-state index is 0.0299. The van der Waals surface area contributed by atoms with E-state index in [0.717, 1.165) is 6.92 Å². The molecular weight excluding hydrogens is 270 g/mol. The molecule has 0 aliphatic rings. The summed E-state index contributed by atoms with van der Waals surface area (Å²) in [6.07, 6.45) is -0.159. The van der Waals surface area contributed by atoms with Gasteiger partial charge in [-0.1, -0.05) is 24.3 Å². The van der Waals surface area contributed by atoms with Gasteiger partial charge in [0.25, 0.3) is 5.92 Å². The number of urea groups is 1. The topological polar surface area (TPSA) is 78.4 Å². The summed E-state index contributed by atoms with van der Waals surface area (Å²) in [5.74, 6) is -3.89. The fourth-order valence-electron chi connectivity index (χ4n) is 1.44. The van der Waals surface area contributed by atoms with Crippen LogP contribution < -0.4 is 10.6 Å². The third kappa shape index (κ3) is 5.64. The summed E-state index contributed by atoms with van der Waals surface area (Å²) in [6, 6.07) is 5.11. The Balaban J connectivity index is 2.38. The van der Waals surface area contributed by atoms with Gasteiger partial charge >= 0.3 is 12.0 Å². The van der Waals surface area contributed by atoms with Crippen LogP contribution in [0.4, 0.5) is 13.6 Å². The molecule has 1 aromatic carbocycles. The van der Waals surface area contributed by atoms with E-state index in [0.29, 0.717) is 5.56 Å². The minimum Gasteiger partial charge on any atom is -0.481 e. The van der Waals surface area contributed by atoms with Crippen LogP contribution in [-0.4, -0.2) is 23.7 Å². The number of carboxylic acids is 1. The van der Waals surface area contributed by atoms with Crippen LogP contribution in [0.3, 0.4) is 0 Å². The van der Waals surface area contributed by atoms with Crippen LogP contribution in [0.5, 0.6) is 0 Å². The number of benzene rings is 1. The maximum Gasteiger partial charge on any atom is 0.315 e. The van der Waals surface area contributed by atoms with Crippen molar-refractivity contribution in [2.24, 2.45) is 0 Å². The van der Waals surface area contributed by atoms with Gasteiger partial charge in [-0.15, -0.1) is 0 Å². The van der Waals surface area contributed by atoms with E-state index in [4.69, 9.17) is 5.11 Å². The lowest BCUT2D eigenvalue weighted by molar-refractivity contribution is -0.136. The lowest BCUT2D eigenvalue weighted by atomic mass is 10.1. The van der Waals surface area contributed by atoms with Crippen molar-refractivity contribution in [3.63, 3.8) is 0 Å². The summed E-state index contributed by atoms with van der Waals surface area (Å²) in [7, 11) is 0. The summed E-state index contributed by atoms with van der Waals surface area (Å²) in [5, 5.41) is 13.3. The van der Waals surface area contributed by atoms with Gasteiger partial charge in [0.1, 0.15) is 0 Å². The molecule has 7 heteroatoms. The van der Waals surface area contributed by atoms with Crippen LogP contribution in [0.1, 0.15) is 24.5 Å². The zero-order chi connectivity index (χ0) is 15.2. The Morgan fingerprint density at radius 1 is 1.20 bits per heavy atom. The summed E-state index contributed by atoms with van der Waals surface area (Å²) in [4.78, 5) is 21.5. The summed E-state index contributed by atoms with van der Waals surface area (Å²) >= 11 is 0. The van der Waals surface area contributed by atoms with Crippen LogP contribution in [0.25, 0.3) is 0 Å². The van der Waals surface area contributed by atoms with E-state index in [9.17, 15) is 18.4 Å². The molecule has 0 aromatic heterocycles. The molecule has 0 saturated carbocycles. The van der Waals surface area contributed by atoms with E-state index in [1.807, 2.05) is 0 Å². The van der Waals surface area contributed by atoms with Crippen LogP contribution >= 0.6 is 0 Å². The highest BCUT2D eigenvalue weighted by Crippen LogP contribution is 2.26. The third-order valence-electron chi connectivity index (χ3n) is 2.54. The zero-order valence-corrected chi connectivity index (χ0v) is 11.0. The maximum atomic E-state index is 13.0.